The molecule has 7 heteroatoms. The number of aromatic nitrogens is 3. The maximum Gasteiger partial charge on any atom is 0.191 e. The molecule has 0 saturated carbocycles. The van der Waals surface area contributed by atoms with Crippen molar-refractivity contribution >= 4 is 5.96 Å². The molecular formula is C21H24N6O. The summed E-state index contributed by atoms with van der Waals surface area (Å²) in [5.74, 6) is 2.60. The van der Waals surface area contributed by atoms with Gasteiger partial charge in [0, 0.05) is 31.6 Å². The Morgan fingerprint density at radius 1 is 1.25 bits per heavy atom. The Bertz CT molecular complexity index is 913. The highest BCUT2D eigenvalue weighted by Gasteiger charge is 2.22. The van der Waals surface area contributed by atoms with Crippen LogP contribution >= 0.6 is 0 Å². The standard InChI is InChI=1S/C21H24N6O/c1-2-23-21(26-14-18-12-17-5-3-4-6-19(17)28-18)25-13-16-7-8-24-20(11-16)27-10-9-22-15-27/h3-11,15,18H,2,12-14H2,1H3,(H2,23,25,26). The Morgan fingerprint density at radius 2 is 2.18 bits per heavy atom. The van der Waals surface area contributed by atoms with Gasteiger partial charge in [0.05, 0.1) is 13.1 Å². The summed E-state index contributed by atoms with van der Waals surface area (Å²) in [5, 5.41) is 6.69. The van der Waals surface area contributed by atoms with Gasteiger partial charge in [0.2, 0.25) is 0 Å². The fourth-order valence-electron chi connectivity index (χ4n) is 3.19. The fraction of sp³-hybridized carbons (Fsp3) is 0.286. The highest BCUT2D eigenvalue weighted by atomic mass is 16.5. The number of ether oxygens (including phenoxy) is 1. The second-order valence-corrected chi connectivity index (χ2v) is 6.62. The van der Waals surface area contributed by atoms with Crippen molar-refractivity contribution in [2.45, 2.75) is 26.0 Å². The van der Waals surface area contributed by atoms with Crippen LogP contribution in [0.4, 0.5) is 0 Å². The molecule has 1 aliphatic heterocycles. The Kier molecular flexibility index (Phi) is 5.51. The first kappa shape index (κ1) is 18.0. The summed E-state index contributed by atoms with van der Waals surface area (Å²) >= 11 is 0. The SMILES string of the molecule is CCNC(=NCc1ccnc(-n2ccnc2)c1)NCC1Cc2ccccc2O1. The van der Waals surface area contributed by atoms with Crippen LogP contribution in [-0.2, 0) is 13.0 Å². The summed E-state index contributed by atoms with van der Waals surface area (Å²) in [6.45, 7) is 4.12. The second-order valence-electron chi connectivity index (χ2n) is 6.62. The van der Waals surface area contributed by atoms with Crippen LogP contribution in [0, 0.1) is 0 Å². The lowest BCUT2D eigenvalue weighted by atomic mass is 10.1. The minimum atomic E-state index is 0.120. The van der Waals surface area contributed by atoms with Gasteiger partial charge in [-0.15, -0.1) is 0 Å². The van der Waals surface area contributed by atoms with Gasteiger partial charge < -0.3 is 15.4 Å². The lowest BCUT2D eigenvalue weighted by Gasteiger charge is -2.15. The van der Waals surface area contributed by atoms with Crippen molar-refractivity contribution in [3.8, 4) is 11.6 Å². The van der Waals surface area contributed by atoms with Gasteiger partial charge in [0.1, 0.15) is 24.0 Å². The predicted octanol–water partition coefficient (Wildman–Crippen LogP) is 2.33. The second kappa shape index (κ2) is 8.56. The van der Waals surface area contributed by atoms with E-state index in [0.717, 1.165) is 36.1 Å². The number of hydrogen-bond acceptors (Lipinski definition) is 4. The van der Waals surface area contributed by atoms with E-state index in [9.17, 15) is 0 Å². The summed E-state index contributed by atoms with van der Waals surface area (Å²) < 4.78 is 7.87. The third-order valence-electron chi connectivity index (χ3n) is 4.55. The van der Waals surface area contributed by atoms with Crippen LogP contribution in [0.3, 0.4) is 0 Å². The van der Waals surface area contributed by atoms with Crippen LogP contribution < -0.4 is 15.4 Å². The van der Waals surface area contributed by atoms with Gasteiger partial charge in [-0.1, -0.05) is 18.2 Å². The van der Waals surface area contributed by atoms with Gasteiger partial charge in [0.15, 0.2) is 5.96 Å². The average molecular weight is 376 g/mol. The highest BCUT2D eigenvalue weighted by Crippen LogP contribution is 2.27. The zero-order chi connectivity index (χ0) is 19.2. The molecule has 0 aliphatic carbocycles. The lowest BCUT2D eigenvalue weighted by molar-refractivity contribution is 0.235. The predicted molar refractivity (Wildman–Crippen MR) is 109 cm³/mol. The number of fused-ring (bicyclic) bond motifs is 1. The van der Waals surface area contributed by atoms with E-state index >= 15 is 0 Å². The molecule has 3 heterocycles. The van der Waals surface area contributed by atoms with Gasteiger partial charge in [0.25, 0.3) is 0 Å². The molecule has 4 rings (SSSR count). The van der Waals surface area contributed by atoms with Crippen LogP contribution in [0.2, 0.25) is 0 Å². The molecule has 28 heavy (non-hydrogen) atoms. The summed E-state index contributed by atoms with van der Waals surface area (Å²) in [6, 6.07) is 12.2. The molecule has 1 unspecified atom stereocenters. The first-order valence-electron chi connectivity index (χ1n) is 9.52. The molecule has 0 amide bonds. The van der Waals surface area contributed by atoms with Crippen molar-refractivity contribution in [2.75, 3.05) is 13.1 Å². The van der Waals surface area contributed by atoms with Crippen molar-refractivity contribution in [1.29, 1.82) is 0 Å². The minimum absolute atomic E-state index is 0.120. The van der Waals surface area contributed by atoms with E-state index in [4.69, 9.17) is 9.73 Å². The monoisotopic (exact) mass is 376 g/mol. The molecule has 0 fully saturated rings. The molecule has 2 N–H and O–H groups in total. The van der Waals surface area contributed by atoms with Gasteiger partial charge in [-0.05, 0) is 36.2 Å². The molecular weight excluding hydrogens is 352 g/mol. The Hall–Kier alpha value is -3.35. The Balaban J connectivity index is 1.37. The van der Waals surface area contributed by atoms with Crippen molar-refractivity contribution in [1.82, 2.24) is 25.2 Å². The number of nitrogens with zero attached hydrogens (tertiary/aromatic N) is 4. The number of hydrogen-bond donors (Lipinski definition) is 2. The minimum Gasteiger partial charge on any atom is -0.488 e. The van der Waals surface area contributed by atoms with Gasteiger partial charge in [-0.25, -0.2) is 15.0 Å². The third kappa shape index (κ3) is 4.31. The lowest BCUT2D eigenvalue weighted by Crippen LogP contribution is -2.42. The largest absolute Gasteiger partial charge is 0.488 e. The molecule has 3 aromatic rings. The van der Waals surface area contributed by atoms with E-state index in [2.05, 4.69) is 39.7 Å². The van der Waals surface area contributed by atoms with Gasteiger partial charge >= 0.3 is 0 Å². The first-order valence-corrected chi connectivity index (χ1v) is 9.52. The van der Waals surface area contributed by atoms with Crippen LogP contribution in [0.5, 0.6) is 5.75 Å². The van der Waals surface area contributed by atoms with E-state index < -0.39 is 0 Å². The number of aliphatic imine (C=N–C) groups is 1. The average Bonchev–Trinajstić information content (AvgIpc) is 3.40. The molecule has 1 aliphatic rings. The maximum absolute atomic E-state index is 5.99. The first-order chi connectivity index (χ1) is 13.8. The molecule has 0 bridgehead atoms. The van der Waals surface area contributed by atoms with Crippen LogP contribution in [0.1, 0.15) is 18.1 Å². The van der Waals surface area contributed by atoms with Crippen molar-refractivity contribution in [3.05, 3.63) is 72.4 Å². The maximum atomic E-state index is 5.99. The molecule has 7 nitrogen and oxygen atoms in total. The fourth-order valence-corrected chi connectivity index (χ4v) is 3.19. The molecule has 0 radical (unpaired) electrons. The van der Waals surface area contributed by atoms with Crippen LogP contribution in [-0.4, -0.2) is 39.7 Å². The number of guanidine groups is 1. The van der Waals surface area contributed by atoms with Crippen LogP contribution in [0.25, 0.3) is 5.82 Å². The number of rotatable bonds is 6. The summed E-state index contributed by atoms with van der Waals surface area (Å²) in [5.41, 5.74) is 2.35. The summed E-state index contributed by atoms with van der Waals surface area (Å²) in [4.78, 5) is 13.2. The van der Waals surface area contributed by atoms with E-state index in [1.165, 1.54) is 5.56 Å². The van der Waals surface area contributed by atoms with Crippen molar-refractivity contribution in [3.63, 3.8) is 0 Å². The third-order valence-corrected chi connectivity index (χ3v) is 4.55. The number of benzene rings is 1. The van der Waals surface area contributed by atoms with E-state index in [-0.39, 0.29) is 6.10 Å². The summed E-state index contributed by atoms with van der Waals surface area (Å²) in [6.07, 6.45) is 8.19. The zero-order valence-corrected chi connectivity index (χ0v) is 15.9. The normalized spacial score (nSPS) is 15.8. The van der Waals surface area contributed by atoms with E-state index in [0.29, 0.717) is 13.1 Å². The Labute approximate surface area is 164 Å². The quantitative estimate of drug-likeness (QED) is 0.510. The van der Waals surface area contributed by atoms with Crippen LogP contribution in [0.15, 0.2) is 66.3 Å². The number of imidazole rings is 1. The van der Waals surface area contributed by atoms with E-state index in [1.54, 1.807) is 18.7 Å². The number of para-hydroxylation sites is 1. The topological polar surface area (TPSA) is 76.4 Å². The van der Waals surface area contributed by atoms with Gasteiger partial charge in [-0.2, -0.15) is 0 Å². The number of nitrogens with one attached hydrogen (secondary N) is 2. The molecule has 2 aromatic heterocycles. The number of pyridine rings is 1. The molecule has 144 valence electrons. The molecule has 1 atom stereocenters. The Morgan fingerprint density at radius 3 is 3.00 bits per heavy atom. The smallest absolute Gasteiger partial charge is 0.191 e. The summed E-state index contributed by atoms with van der Waals surface area (Å²) in [7, 11) is 0. The highest BCUT2D eigenvalue weighted by molar-refractivity contribution is 5.79. The van der Waals surface area contributed by atoms with Crippen molar-refractivity contribution < 1.29 is 4.74 Å². The molecule has 1 aromatic carbocycles. The van der Waals surface area contributed by atoms with Crippen molar-refractivity contribution in [2.24, 2.45) is 4.99 Å². The van der Waals surface area contributed by atoms with Gasteiger partial charge in [-0.3, -0.25) is 4.57 Å². The van der Waals surface area contributed by atoms with E-state index in [1.807, 2.05) is 35.0 Å². The molecule has 0 saturated heterocycles. The molecule has 0 spiro atoms. The zero-order valence-electron chi connectivity index (χ0n) is 15.9.